The van der Waals surface area contributed by atoms with E-state index in [-0.39, 0.29) is 11.7 Å². The Morgan fingerprint density at radius 2 is 2.15 bits per heavy atom. The number of phenols is 1. The number of thiophene rings is 1. The normalized spacial score (nSPS) is 16.3. The largest absolute Gasteiger partial charge is 0.507 e. The van der Waals surface area contributed by atoms with Crippen molar-refractivity contribution in [2.75, 3.05) is 18.0 Å². The minimum Gasteiger partial charge on any atom is -0.507 e. The minimum absolute atomic E-state index is 0.151. The average Bonchev–Trinajstić information content (AvgIpc) is 3.07. The van der Waals surface area contributed by atoms with E-state index in [0.29, 0.717) is 16.4 Å². The Bertz CT molecular complexity index is 840. The monoisotopic (exact) mass is 385 g/mol. The van der Waals surface area contributed by atoms with E-state index in [1.807, 2.05) is 18.2 Å². The fourth-order valence-corrected chi connectivity index (χ4v) is 4.56. The number of aryl methyl sites for hydroxylation is 1. The number of rotatable bonds is 6. The number of nitrogens with one attached hydrogen (secondary N) is 1. The molecule has 27 heavy (non-hydrogen) atoms. The lowest BCUT2D eigenvalue weighted by Crippen LogP contribution is -2.21. The maximum Gasteiger partial charge on any atom is 0.281 e. The van der Waals surface area contributed by atoms with Crippen LogP contribution in [0.4, 0.5) is 5.69 Å². The van der Waals surface area contributed by atoms with Gasteiger partial charge in [0.25, 0.3) is 5.91 Å². The number of hydrazone groups is 1. The molecule has 0 radical (unpaired) electrons. The lowest BCUT2D eigenvalue weighted by molar-refractivity contribution is 0.0959. The molecule has 1 amide bonds. The molecule has 2 N–H and O–H groups in total. The highest BCUT2D eigenvalue weighted by Crippen LogP contribution is 2.32. The number of carbonyl (C=O) groups excluding carboxylic acids is 1. The topological polar surface area (TPSA) is 64.9 Å². The lowest BCUT2D eigenvalue weighted by atomic mass is 9.90. The number of amides is 1. The zero-order chi connectivity index (χ0) is 19.4. The first-order valence-electron chi connectivity index (χ1n) is 9.54. The third kappa shape index (κ3) is 4.50. The van der Waals surface area contributed by atoms with Crippen LogP contribution in [-0.4, -0.2) is 30.3 Å². The minimum atomic E-state index is -0.197. The van der Waals surface area contributed by atoms with Crippen molar-refractivity contribution in [3.63, 3.8) is 0 Å². The zero-order valence-electron chi connectivity index (χ0n) is 16.2. The maximum absolute atomic E-state index is 12.4. The molecule has 0 unspecified atom stereocenters. The second kappa shape index (κ2) is 8.57. The van der Waals surface area contributed by atoms with Crippen LogP contribution in [0.3, 0.4) is 0 Å². The van der Waals surface area contributed by atoms with Crippen LogP contribution in [-0.2, 0) is 12.8 Å². The summed E-state index contributed by atoms with van der Waals surface area (Å²) in [5.74, 6) is 0.638. The number of hydrogen-bond acceptors (Lipinski definition) is 5. The van der Waals surface area contributed by atoms with Gasteiger partial charge in [0.2, 0.25) is 0 Å². The summed E-state index contributed by atoms with van der Waals surface area (Å²) in [5, 5.41) is 14.2. The van der Waals surface area contributed by atoms with Gasteiger partial charge < -0.3 is 10.0 Å². The van der Waals surface area contributed by atoms with Crippen LogP contribution in [0.5, 0.6) is 5.75 Å². The molecule has 3 rings (SSSR count). The maximum atomic E-state index is 12.4. The number of nitrogens with zero attached hydrogens (tertiary/aromatic N) is 2. The molecule has 1 atom stereocenters. The third-order valence-corrected chi connectivity index (χ3v) is 6.30. The van der Waals surface area contributed by atoms with Gasteiger partial charge in [-0.25, -0.2) is 5.43 Å². The second-order valence-corrected chi connectivity index (χ2v) is 8.16. The summed E-state index contributed by atoms with van der Waals surface area (Å²) < 4.78 is 0. The molecule has 1 aromatic carbocycles. The smallest absolute Gasteiger partial charge is 0.281 e. The summed E-state index contributed by atoms with van der Waals surface area (Å²) in [7, 11) is 0. The summed E-state index contributed by atoms with van der Waals surface area (Å²) in [6.45, 7) is 8.16. The Labute approximate surface area is 164 Å². The molecule has 1 aliphatic rings. The Kier molecular flexibility index (Phi) is 6.16. The van der Waals surface area contributed by atoms with Gasteiger partial charge in [-0.15, -0.1) is 11.3 Å². The van der Waals surface area contributed by atoms with Crippen molar-refractivity contribution in [1.29, 1.82) is 0 Å². The third-order valence-electron chi connectivity index (χ3n) is 5.07. The van der Waals surface area contributed by atoms with Gasteiger partial charge in [0.15, 0.2) is 0 Å². The van der Waals surface area contributed by atoms with Gasteiger partial charge in [0.05, 0.1) is 11.1 Å². The molecule has 144 valence electrons. The molecule has 1 aliphatic carbocycles. The van der Waals surface area contributed by atoms with Crippen LogP contribution < -0.4 is 10.3 Å². The molecule has 1 heterocycles. The van der Waals surface area contributed by atoms with Gasteiger partial charge in [-0.1, -0.05) is 6.92 Å². The summed E-state index contributed by atoms with van der Waals surface area (Å²) in [5.41, 5.74) is 5.42. The van der Waals surface area contributed by atoms with Crippen molar-refractivity contribution in [3.05, 3.63) is 45.1 Å². The number of anilines is 1. The Balaban J connectivity index is 1.64. The Morgan fingerprint density at radius 3 is 2.85 bits per heavy atom. The van der Waals surface area contributed by atoms with Crippen LogP contribution in [0.25, 0.3) is 0 Å². The van der Waals surface area contributed by atoms with E-state index >= 15 is 0 Å². The zero-order valence-corrected chi connectivity index (χ0v) is 17.0. The van der Waals surface area contributed by atoms with Gasteiger partial charge in [-0.2, -0.15) is 5.10 Å². The SMILES string of the molecule is CCN(CC)c1ccc(/C=N/NC(=O)c2cc3c(s2)CC[C@@H](C)C3)c(O)c1. The number of benzene rings is 1. The van der Waals surface area contributed by atoms with E-state index in [0.717, 1.165) is 31.6 Å². The number of fused-ring (bicyclic) bond motifs is 1. The van der Waals surface area contributed by atoms with Crippen molar-refractivity contribution in [2.24, 2.45) is 11.0 Å². The Hall–Kier alpha value is -2.34. The van der Waals surface area contributed by atoms with E-state index in [1.54, 1.807) is 17.4 Å². The number of aromatic hydroxyl groups is 1. The quantitative estimate of drug-likeness (QED) is 0.579. The fraction of sp³-hybridized carbons (Fsp3) is 0.429. The van der Waals surface area contributed by atoms with Crippen LogP contribution >= 0.6 is 11.3 Å². The highest BCUT2D eigenvalue weighted by molar-refractivity contribution is 7.14. The highest BCUT2D eigenvalue weighted by Gasteiger charge is 2.20. The van der Waals surface area contributed by atoms with Crippen LogP contribution in [0.1, 0.15) is 52.9 Å². The van der Waals surface area contributed by atoms with Crippen molar-refractivity contribution in [1.82, 2.24) is 5.43 Å². The molecule has 0 fully saturated rings. The van der Waals surface area contributed by atoms with E-state index in [1.165, 1.54) is 23.1 Å². The van der Waals surface area contributed by atoms with E-state index < -0.39 is 0 Å². The highest BCUT2D eigenvalue weighted by atomic mass is 32.1. The molecular weight excluding hydrogens is 358 g/mol. The van der Waals surface area contributed by atoms with Gasteiger partial charge >= 0.3 is 0 Å². The molecular formula is C21H27N3O2S. The lowest BCUT2D eigenvalue weighted by Gasteiger charge is -2.21. The average molecular weight is 386 g/mol. The molecule has 0 bridgehead atoms. The van der Waals surface area contributed by atoms with E-state index in [2.05, 4.69) is 36.2 Å². The van der Waals surface area contributed by atoms with Gasteiger partial charge in [-0.05, 0) is 62.8 Å². The van der Waals surface area contributed by atoms with E-state index in [9.17, 15) is 9.90 Å². The molecule has 2 aromatic rings. The first kappa shape index (κ1) is 19.4. The summed E-state index contributed by atoms with van der Waals surface area (Å²) >= 11 is 1.56. The van der Waals surface area contributed by atoms with Crippen LogP contribution in [0.15, 0.2) is 29.4 Å². The van der Waals surface area contributed by atoms with Gasteiger partial charge in [0, 0.05) is 35.3 Å². The predicted octanol–water partition coefficient (Wildman–Crippen LogP) is 4.19. The molecule has 0 aliphatic heterocycles. The summed E-state index contributed by atoms with van der Waals surface area (Å²) in [6, 6.07) is 7.48. The fourth-order valence-electron chi connectivity index (χ4n) is 3.46. The Morgan fingerprint density at radius 1 is 1.37 bits per heavy atom. The molecule has 5 nitrogen and oxygen atoms in total. The first-order chi connectivity index (χ1) is 13.0. The molecule has 0 saturated carbocycles. The first-order valence-corrected chi connectivity index (χ1v) is 10.4. The van der Waals surface area contributed by atoms with Crippen molar-refractivity contribution in [2.45, 2.75) is 40.0 Å². The standard InChI is InChI=1S/C21H27N3O2S/c1-4-24(5-2)17-8-7-15(18(25)12-17)13-22-23-21(26)20-11-16-10-14(3)6-9-19(16)27-20/h7-8,11-14,25H,4-6,9-10H2,1-3H3,(H,23,26)/b22-13+/t14-/m1/s1. The second-order valence-electron chi connectivity index (χ2n) is 7.02. The number of hydrogen-bond donors (Lipinski definition) is 2. The number of carbonyl (C=O) groups is 1. The predicted molar refractivity (Wildman–Crippen MR) is 112 cm³/mol. The van der Waals surface area contributed by atoms with Crippen LogP contribution in [0.2, 0.25) is 0 Å². The molecule has 0 spiro atoms. The van der Waals surface area contributed by atoms with Gasteiger partial charge in [0.1, 0.15) is 5.75 Å². The molecule has 6 heteroatoms. The van der Waals surface area contributed by atoms with E-state index in [4.69, 9.17) is 0 Å². The van der Waals surface area contributed by atoms with Gasteiger partial charge in [-0.3, -0.25) is 4.79 Å². The molecule has 0 saturated heterocycles. The molecule has 1 aromatic heterocycles. The van der Waals surface area contributed by atoms with Crippen molar-refractivity contribution >= 4 is 29.1 Å². The van der Waals surface area contributed by atoms with Crippen molar-refractivity contribution in [3.8, 4) is 5.75 Å². The van der Waals surface area contributed by atoms with Crippen LogP contribution in [0, 0.1) is 5.92 Å². The summed E-state index contributed by atoms with van der Waals surface area (Å²) in [6.07, 6.45) is 4.78. The summed E-state index contributed by atoms with van der Waals surface area (Å²) in [4.78, 5) is 16.5. The van der Waals surface area contributed by atoms with Crippen molar-refractivity contribution < 1.29 is 9.90 Å². The number of phenolic OH excluding ortho intramolecular Hbond substituents is 1.